The number of aromatic nitrogens is 3. The number of nitrogens with zero attached hydrogens (tertiary/aromatic N) is 2. The van der Waals surface area contributed by atoms with Crippen LogP contribution in [0.5, 0.6) is 0 Å². The van der Waals surface area contributed by atoms with Gasteiger partial charge in [-0.05, 0) is 6.92 Å². The molecule has 0 spiro atoms. The van der Waals surface area contributed by atoms with Crippen LogP contribution < -0.4 is 0 Å². The molecule has 0 saturated heterocycles. The summed E-state index contributed by atoms with van der Waals surface area (Å²) in [5.74, 6) is -0.341. The molecule has 0 saturated carbocycles. The molecule has 1 aromatic heterocycles. The van der Waals surface area contributed by atoms with Gasteiger partial charge in [0.05, 0.1) is 0 Å². The topological polar surface area (TPSA) is 78.9 Å². The molecular weight excluding hydrogens is 146 g/mol. The Morgan fingerprint density at radius 2 is 2.55 bits per heavy atom. The fourth-order valence-electron chi connectivity index (χ4n) is 0.589. The molecule has 0 aliphatic heterocycles. The molecule has 0 aliphatic rings. The highest BCUT2D eigenvalue weighted by molar-refractivity contribution is 5.92. The number of allylic oxidation sites excluding steroid dienone is 1. The minimum Gasteiger partial charge on any atom is -0.504 e. The summed E-state index contributed by atoms with van der Waals surface area (Å²) in [4.78, 5) is 14.1. The lowest BCUT2D eigenvalue weighted by Crippen LogP contribution is -1.90. The summed E-state index contributed by atoms with van der Waals surface area (Å²) >= 11 is 0. The largest absolute Gasteiger partial charge is 0.504 e. The number of aliphatic hydroxyl groups is 1. The molecule has 0 unspecified atom stereocenters. The van der Waals surface area contributed by atoms with E-state index in [-0.39, 0.29) is 17.4 Å². The van der Waals surface area contributed by atoms with Gasteiger partial charge in [-0.1, -0.05) is 0 Å². The number of hydrogen-bond acceptors (Lipinski definition) is 4. The van der Waals surface area contributed by atoms with E-state index in [2.05, 4.69) is 15.2 Å². The maximum Gasteiger partial charge on any atom is 0.215 e. The van der Waals surface area contributed by atoms with E-state index < -0.39 is 0 Å². The average Bonchev–Trinajstić information content (AvgIpc) is 2.35. The molecule has 0 aromatic carbocycles. The maximum atomic E-state index is 10.4. The molecule has 0 radical (unpaired) electrons. The first-order valence-electron chi connectivity index (χ1n) is 2.97. The van der Waals surface area contributed by atoms with Gasteiger partial charge < -0.3 is 5.11 Å². The third-order valence-electron chi connectivity index (χ3n) is 0.984. The smallest absolute Gasteiger partial charge is 0.215 e. The number of rotatable bonds is 2. The van der Waals surface area contributed by atoms with Crippen molar-refractivity contribution in [1.29, 1.82) is 0 Å². The van der Waals surface area contributed by atoms with E-state index in [1.165, 1.54) is 13.3 Å². The van der Waals surface area contributed by atoms with Crippen molar-refractivity contribution in [2.45, 2.75) is 6.92 Å². The summed E-state index contributed by atoms with van der Waals surface area (Å²) in [6.45, 7) is 1.34. The molecule has 1 aromatic rings. The van der Waals surface area contributed by atoms with Gasteiger partial charge in [-0.15, -0.1) is 0 Å². The molecule has 11 heavy (non-hydrogen) atoms. The van der Waals surface area contributed by atoms with Crippen molar-refractivity contribution in [2.75, 3.05) is 0 Å². The van der Waals surface area contributed by atoms with Gasteiger partial charge in [-0.2, -0.15) is 5.10 Å². The molecule has 1 heterocycles. The lowest BCUT2D eigenvalue weighted by Gasteiger charge is -1.88. The molecule has 5 nitrogen and oxygen atoms in total. The summed E-state index contributed by atoms with van der Waals surface area (Å²) in [7, 11) is 0. The first kappa shape index (κ1) is 7.46. The van der Waals surface area contributed by atoms with Gasteiger partial charge in [0.1, 0.15) is 6.33 Å². The number of hydrogen-bond donors (Lipinski definition) is 2. The number of aliphatic hydroxyl groups excluding tert-OH is 1. The zero-order valence-electron chi connectivity index (χ0n) is 5.90. The fourth-order valence-corrected chi connectivity index (χ4v) is 0.589. The predicted octanol–water partition coefficient (Wildman–Crippen LogP) is 0.293. The van der Waals surface area contributed by atoms with Crippen LogP contribution in [0.2, 0.25) is 0 Å². The summed E-state index contributed by atoms with van der Waals surface area (Å²) in [5.41, 5.74) is 0. The standard InChI is InChI=1S/C6H7N3O2/c1-4(10)2-5(11)6-7-3-8-9-6/h2-3,11H,1H3,(H,7,8,9)/b5-2-. The molecule has 0 aliphatic carbocycles. The van der Waals surface area contributed by atoms with Crippen LogP contribution in [0.4, 0.5) is 0 Å². The first-order valence-corrected chi connectivity index (χ1v) is 2.97. The van der Waals surface area contributed by atoms with E-state index >= 15 is 0 Å². The number of ketones is 1. The molecule has 0 bridgehead atoms. The predicted molar refractivity (Wildman–Crippen MR) is 37.7 cm³/mol. The Hall–Kier alpha value is -1.65. The van der Waals surface area contributed by atoms with Gasteiger partial charge in [0.25, 0.3) is 0 Å². The highest BCUT2D eigenvalue weighted by Gasteiger charge is 2.02. The van der Waals surface area contributed by atoms with E-state index in [1.54, 1.807) is 0 Å². The van der Waals surface area contributed by atoms with Crippen LogP contribution in [-0.4, -0.2) is 26.1 Å². The summed E-state index contributed by atoms with van der Waals surface area (Å²) < 4.78 is 0. The van der Waals surface area contributed by atoms with E-state index in [9.17, 15) is 4.79 Å². The fraction of sp³-hybridized carbons (Fsp3) is 0.167. The number of aromatic amines is 1. The van der Waals surface area contributed by atoms with Crippen LogP contribution in [0.1, 0.15) is 12.7 Å². The highest BCUT2D eigenvalue weighted by atomic mass is 16.3. The van der Waals surface area contributed by atoms with Gasteiger partial charge >= 0.3 is 0 Å². The second kappa shape index (κ2) is 2.96. The van der Waals surface area contributed by atoms with Gasteiger partial charge in [-0.3, -0.25) is 9.89 Å². The molecule has 0 fully saturated rings. The second-order valence-corrected chi connectivity index (χ2v) is 1.96. The van der Waals surface area contributed by atoms with Crippen LogP contribution in [0.25, 0.3) is 5.76 Å². The Bertz CT molecular complexity index is 276. The quantitative estimate of drug-likeness (QED) is 0.473. The normalized spacial score (nSPS) is 11.5. The molecule has 1 rings (SSSR count). The minimum absolute atomic E-state index is 0.125. The SMILES string of the molecule is CC(=O)/C=C(\O)c1nc[nH]n1. The summed E-state index contributed by atoms with van der Waals surface area (Å²) in [6, 6.07) is 0. The number of H-pyrrole nitrogens is 1. The lowest BCUT2D eigenvalue weighted by molar-refractivity contribution is -0.112. The first-order chi connectivity index (χ1) is 5.20. The van der Waals surface area contributed by atoms with Crippen LogP contribution >= 0.6 is 0 Å². The average molecular weight is 153 g/mol. The van der Waals surface area contributed by atoms with Crippen LogP contribution in [0.3, 0.4) is 0 Å². The van der Waals surface area contributed by atoms with Crippen molar-refractivity contribution < 1.29 is 9.90 Å². The van der Waals surface area contributed by atoms with E-state index in [0.29, 0.717) is 0 Å². The van der Waals surface area contributed by atoms with Crippen molar-refractivity contribution in [1.82, 2.24) is 15.2 Å². The van der Waals surface area contributed by atoms with Crippen LogP contribution in [0.15, 0.2) is 12.4 Å². The van der Waals surface area contributed by atoms with Crippen molar-refractivity contribution in [3.63, 3.8) is 0 Å². The second-order valence-electron chi connectivity index (χ2n) is 1.96. The van der Waals surface area contributed by atoms with Crippen LogP contribution in [-0.2, 0) is 4.79 Å². The number of carbonyl (C=O) groups is 1. The number of nitrogens with one attached hydrogen (secondary N) is 1. The monoisotopic (exact) mass is 153 g/mol. The molecular formula is C6H7N3O2. The maximum absolute atomic E-state index is 10.4. The van der Waals surface area contributed by atoms with Gasteiger partial charge in [0.2, 0.25) is 5.82 Å². The lowest BCUT2D eigenvalue weighted by atomic mass is 10.3. The summed E-state index contributed by atoms with van der Waals surface area (Å²) in [6.07, 6.45) is 2.38. The van der Waals surface area contributed by atoms with Gasteiger partial charge in [0.15, 0.2) is 11.5 Å². The van der Waals surface area contributed by atoms with E-state index in [1.807, 2.05) is 0 Å². The highest BCUT2D eigenvalue weighted by Crippen LogP contribution is 2.01. The molecule has 58 valence electrons. The van der Waals surface area contributed by atoms with Crippen molar-refractivity contribution in [3.8, 4) is 0 Å². The summed E-state index contributed by atoms with van der Waals surface area (Å²) in [5, 5.41) is 15.0. The van der Waals surface area contributed by atoms with Gasteiger partial charge in [0, 0.05) is 6.08 Å². The molecule has 0 amide bonds. The third kappa shape index (κ3) is 1.89. The molecule has 5 heteroatoms. The van der Waals surface area contributed by atoms with E-state index in [4.69, 9.17) is 5.11 Å². The zero-order chi connectivity index (χ0) is 8.27. The Balaban J connectivity index is 2.86. The van der Waals surface area contributed by atoms with E-state index in [0.717, 1.165) is 6.08 Å². The Morgan fingerprint density at radius 1 is 1.82 bits per heavy atom. The molecule has 2 N–H and O–H groups in total. The minimum atomic E-state index is -0.243. The molecule has 0 atom stereocenters. The third-order valence-corrected chi connectivity index (χ3v) is 0.984. The zero-order valence-corrected chi connectivity index (χ0v) is 5.90. The van der Waals surface area contributed by atoms with Gasteiger partial charge in [-0.25, -0.2) is 4.98 Å². The number of carbonyl (C=O) groups excluding carboxylic acids is 1. The van der Waals surface area contributed by atoms with Crippen molar-refractivity contribution in [2.24, 2.45) is 0 Å². The van der Waals surface area contributed by atoms with Crippen molar-refractivity contribution in [3.05, 3.63) is 18.2 Å². The Morgan fingerprint density at radius 3 is 3.00 bits per heavy atom. The van der Waals surface area contributed by atoms with Crippen LogP contribution in [0, 0.1) is 0 Å². The van der Waals surface area contributed by atoms with Crippen molar-refractivity contribution >= 4 is 11.5 Å². The Kier molecular flexibility index (Phi) is 2.00. The Labute approximate surface area is 62.8 Å².